The summed E-state index contributed by atoms with van der Waals surface area (Å²) in [6, 6.07) is 0. The quantitative estimate of drug-likeness (QED) is 0.409. The van der Waals surface area contributed by atoms with Crippen molar-refractivity contribution in [1.82, 2.24) is 0 Å². The molecule has 0 atom stereocenters. The van der Waals surface area contributed by atoms with Crippen molar-refractivity contribution in [2.45, 2.75) is 26.1 Å². The van der Waals surface area contributed by atoms with Gasteiger partial charge in [0.1, 0.15) is 0 Å². The third kappa shape index (κ3) is 318. The van der Waals surface area contributed by atoms with Gasteiger partial charge in [-0.2, -0.15) is 11.5 Å². The van der Waals surface area contributed by atoms with Gasteiger partial charge in [-0.1, -0.05) is 13.8 Å². The molecule has 0 bridgehead atoms. The predicted molar refractivity (Wildman–Crippen MR) is 52.0 cm³/mol. The Balaban J connectivity index is -0.0000000600. The monoisotopic (exact) mass is 178 g/mol. The zero-order chi connectivity index (χ0) is 8.12. The van der Waals surface area contributed by atoms with Gasteiger partial charge >= 0.3 is 28.5 Å². The van der Waals surface area contributed by atoms with E-state index in [1.807, 2.05) is 13.8 Å². The van der Waals surface area contributed by atoms with Crippen LogP contribution in [0.1, 0.15) is 20.8 Å². The molecule has 0 aliphatic heterocycles. The third-order valence-electron chi connectivity index (χ3n) is 0. The molecular weight excluding hydrogens is 163 g/mol. The van der Waals surface area contributed by atoms with Crippen LogP contribution in [0.25, 0.3) is 0 Å². The first-order valence-corrected chi connectivity index (χ1v) is 5.08. The zero-order valence-electron chi connectivity index (χ0n) is 6.52. The molecule has 0 unspecified atom stereocenters. The van der Waals surface area contributed by atoms with Gasteiger partial charge in [-0.15, -0.1) is 0 Å². The molecule has 9 heavy (non-hydrogen) atoms. The predicted octanol–water partition coefficient (Wildman–Crippen LogP) is 1.70. The molecule has 0 spiro atoms. The molecule has 0 fully saturated rings. The van der Waals surface area contributed by atoms with E-state index in [1.54, 1.807) is 0 Å². The van der Waals surface area contributed by atoms with Gasteiger partial charge < -0.3 is 25.3 Å². The first-order chi connectivity index (χ1) is 4.24. The Kier molecular flexibility index (Phi) is 64.7. The standard InChI is InChI=1S/2C2H6S.C2H5.Al/c2*1-2-3;1-2;/h2*3H,2H2,1H3;1H2,2H3;/q;;;+2/p-2. The first-order valence-electron chi connectivity index (χ1n) is 3.11. The Labute approximate surface area is 79.0 Å². The molecule has 0 aliphatic carbocycles. The van der Waals surface area contributed by atoms with Crippen molar-refractivity contribution >= 4 is 41.5 Å². The van der Waals surface area contributed by atoms with Gasteiger partial charge in [0.2, 0.25) is 0 Å². The molecule has 0 rings (SSSR count). The SMILES string of the molecule is CC[S-].CC[S-].C[CH2][Al+2]. The second-order valence-electron chi connectivity index (χ2n) is 0.986. The van der Waals surface area contributed by atoms with Crippen molar-refractivity contribution in [3.63, 3.8) is 0 Å². The molecule has 3 heteroatoms. The normalized spacial score (nSPS) is 6.11. The third-order valence-corrected chi connectivity index (χ3v) is 0. The Morgan fingerprint density at radius 2 is 1.00 bits per heavy atom. The molecule has 54 valence electrons. The van der Waals surface area contributed by atoms with Crippen LogP contribution in [0.15, 0.2) is 0 Å². The van der Waals surface area contributed by atoms with Crippen LogP contribution in [-0.2, 0) is 25.3 Å². The van der Waals surface area contributed by atoms with Crippen LogP contribution in [0.4, 0.5) is 0 Å². The average molecular weight is 178 g/mol. The molecule has 0 saturated carbocycles. The fraction of sp³-hybridized carbons (Fsp3) is 1.00. The summed E-state index contributed by atoms with van der Waals surface area (Å²) in [6.45, 7) is 5.97. The van der Waals surface area contributed by atoms with E-state index in [2.05, 4.69) is 48.5 Å². The molecule has 0 aromatic rings. The first kappa shape index (κ1) is 16.7. The van der Waals surface area contributed by atoms with Crippen LogP contribution < -0.4 is 0 Å². The number of hydrogen-bond acceptors (Lipinski definition) is 2. The summed E-state index contributed by atoms with van der Waals surface area (Å²) in [5, 5.41) is 1.17. The fourth-order valence-electron chi connectivity index (χ4n) is 0. The minimum absolute atomic E-state index is 0.833. The Hall–Kier alpha value is 1.23. The summed E-state index contributed by atoms with van der Waals surface area (Å²) in [7, 11) is 0. The molecule has 0 aromatic carbocycles. The topological polar surface area (TPSA) is 0 Å². The molecule has 0 heterocycles. The van der Waals surface area contributed by atoms with Crippen LogP contribution in [0.5, 0.6) is 0 Å². The maximum atomic E-state index is 4.39. The van der Waals surface area contributed by atoms with E-state index in [-0.39, 0.29) is 0 Å². The van der Waals surface area contributed by atoms with Crippen molar-refractivity contribution in [2.24, 2.45) is 0 Å². The fourth-order valence-corrected chi connectivity index (χ4v) is 0. The van der Waals surface area contributed by atoms with Crippen molar-refractivity contribution in [3.05, 3.63) is 0 Å². The van der Waals surface area contributed by atoms with E-state index in [1.165, 1.54) is 5.28 Å². The molecule has 0 N–H and O–H groups in total. The van der Waals surface area contributed by atoms with Crippen LogP contribution in [0.2, 0.25) is 5.28 Å². The van der Waals surface area contributed by atoms with Crippen molar-refractivity contribution in [3.8, 4) is 0 Å². The maximum absolute atomic E-state index is 4.39. The van der Waals surface area contributed by atoms with Gasteiger partial charge in [-0.05, 0) is 0 Å². The second kappa shape index (κ2) is 34.9. The summed E-state index contributed by atoms with van der Waals surface area (Å²) in [5.41, 5.74) is 0. The van der Waals surface area contributed by atoms with Crippen molar-refractivity contribution in [1.29, 1.82) is 0 Å². The van der Waals surface area contributed by atoms with Gasteiger partial charge in [0, 0.05) is 0 Å². The average Bonchev–Trinajstić information content (AvgIpc) is 1.70. The van der Waals surface area contributed by atoms with E-state index in [0.29, 0.717) is 0 Å². The summed E-state index contributed by atoms with van der Waals surface area (Å²) in [6.07, 6.45) is 0. The van der Waals surface area contributed by atoms with Crippen molar-refractivity contribution in [2.75, 3.05) is 11.5 Å². The van der Waals surface area contributed by atoms with Gasteiger partial charge in [0.15, 0.2) is 0 Å². The molecule has 0 aromatic heterocycles. The minimum atomic E-state index is 0.833. The van der Waals surface area contributed by atoms with E-state index in [9.17, 15) is 0 Å². The van der Waals surface area contributed by atoms with Crippen LogP contribution >= 0.6 is 0 Å². The summed E-state index contributed by atoms with van der Waals surface area (Å²) >= 11 is 11.4. The molecule has 0 nitrogen and oxygen atoms in total. The number of hydrogen-bond donors (Lipinski definition) is 0. The number of rotatable bonds is 0. The Morgan fingerprint density at radius 1 is 1.00 bits per heavy atom. The molecule has 0 amide bonds. The molecule has 0 radical (unpaired) electrons. The molecule has 0 saturated heterocycles. The van der Waals surface area contributed by atoms with Gasteiger partial charge in [0.05, 0.1) is 0 Å². The Bertz CT molecular complexity index is 15.8. The van der Waals surface area contributed by atoms with Crippen LogP contribution in [0.3, 0.4) is 0 Å². The van der Waals surface area contributed by atoms with Crippen LogP contribution in [-0.4, -0.2) is 27.8 Å². The van der Waals surface area contributed by atoms with E-state index >= 15 is 0 Å². The van der Waals surface area contributed by atoms with E-state index in [4.69, 9.17) is 0 Å². The van der Waals surface area contributed by atoms with Gasteiger partial charge in [-0.25, -0.2) is 0 Å². The molecular formula is C6H15AlS2. The second-order valence-corrected chi connectivity index (χ2v) is 2.96. The van der Waals surface area contributed by atoms with Crippen molar-refractivity contribution < 1.29 is 0 Å². The summed E-state index contributed by atoms with van der Waals surface area (Å²) < 4.78 is 0. The van der Waals surface area contributed by atoms with E-state index < -0.39 is 0 Å². The Morgan fingerprint density at radius 3 is 1.00 bits per heavy atom. The zero-order valence-corrected chi connectivity index (χ0v) is 9.30. The van der Waals surface area contributed by atoms with Gasteiger partial charge in [-0.3, -0.25) is 0 Å². The van der Waals surface area contributed by atoms with Gasteiger partial charge in [0.25, 0.3) is 0 Å². The van der Waals surface area contributed by atoms with Crippen LogP contribution in [0, 0.1) is 0 Å². The molecule has 0 aliphatic rings. The van der Waals surface area contributed by atoms with E-state index in [0.717, 1.165) is 11.5 Å². The summed E-state index contributed by atoms with van der Waals surface area (Å²) in [4.78, 5) is 0. The summed E-state index contributed by atoms with van der Waals surface area (Å²) in [5.74, 6) is 1.67.